The lowest BCUT2D eigenvalue weighted by Crippen LogP contribution is -2.17. The molecule has 28 heavy (non-hydrogen) atoms. The Morgan fingerprint density at radius 2 is 1.18 bits per heavy atom. The van der Waals surface area contributed by atoms with Crippen molar-refractivity contribution in [3.63, 3.8) is 0 Å². The normalized spacial score (nSPS) is 16.4. The van der Waals surface area contributed by atoms with Gasteiger partial charge in [-0.3, -0.25) is 0 Å². The van der Waals surface area contributed by atoms with Crippen molar-refractivity contribution in [2.75, 3.05) is 17.8 Å². The zero-order valence-electron chi connectivity index (χ0n) is 17.1. The van der Waals surface area contributed by atoms with Crippen LogP contribution in [0.15, 0.2) is 32.7 Å². The molecule has 0 aliphatic heterocycles. The minimum Gasteiger partial charge on any atom is -0.408 e. The number of nitrogens with zero attached hydrogens (tertiary/aromatic N) is 1. The van der Waals surface area contributed by atoms with Crippen molar-refractivity contribution in [1.29, 1.82) is 0 Å². The highest BCUT2D eigenvalue weighted by molar-refractivity contribution is 7.38. The van der Waals surface area contributed by atoms with E-state index in [1.807, 2.05) is 0 Å². The quantitative estimate of drug-likeness (QED) is 0.477. The van der Waals surface area contributed by atoms with Crippen LogP contribution in [0.2, 0.25) is 0 Å². The zero-order valence-corrected chi connectivity index (χ0v) is 18.0. The van der Waals surface area contributed by atoms with Crippen LogP contribution in [-0.4, -0.2) is 13.1 Å². The van der Waals surface area contributed by atoms with Crippen LogP contribution in [0.3, 0.4) is 0 Å². The minimum atomic E-state index is -1.13. The highest BCUT2D eigenvalue weighted by Crippen LogP contribution is 2.42. The predicted molar refractivity (Wildman–Crippen MR) is 119 cm³/mol. The summed E-state index contributed by atoms with van der Waals surface area (Å²) in [4.78, 5) is 0. The Balaban J connectivity index is 1.96. The van der Waals surface area contributed by atoms with Gasteiger partial charge in [0.1, 0.15) is 11.2 Å². The molecule has 1 aromatic heterocycles. The number of benzene rings is 2. The molecule has 0 radical (unpaired) electrons. The highest BCUT2D eigenvalue weighted by atomic mass is 31.1. The molecular weight excluding hydrogens is 365 g/mol. The average molecular weight is 395 g/mol. The van der Waals surface area contributed by atoms with Crippen LogP contribution in [0.4, 0.5) is 0 Å². The Bertz CT molecular complexity index is 987. The third-order valence-electron chi connectivity index (χ3n) is 6.55. The van der Waals surface area contributed by atoms with Gasteiger partial charge < -0.3 is 8.39 Å². The molecule has 0 spiro atoms. The Morgan fingerprint density at radius 1 is 0.714 bits per heavy atom. The number of hydrogen-bond donors (Lipinski definition) is 0. The molecule has 0 fully saturated rings. The van der Waals surface area contributed by atoms with E-state index in [1.165, 1.54) is 71.6 Å². The summed E-state index contributed by atoms with van der Waals surface area (Å²) in [6.07, 6.45) is 9.86. The van der Waals surface area contributed by atoms with E-state index in [0.29, 0.717) is 0 Å². The summed E-state index contributed by atoms with van der Waals surface area (Å²) in [5, 5.41) is 2.70. The molecule has 3 nitrogen and oxygen atoms in total. The van der Waals surface area contributed by atoms with Gasteiger partial charge in [-0.1, -0.05) is 26.0 Å². The number of rotatable bonds is 3. The Kier molecular flexibility index (Phi) is 4.99. The number of hydrogen-bond acceptors (Lipinski definition) is 3. The smallest absolute Gasteiger partial charge is 0.309 e. The fourth-order valence-corrected chi connectivity index (χ4v) is 6.44. The van der Waals surface area contributed by atoms with E-state index in [1.54, 1.807) is 0 Å². The molecule has 148 valence electrons. The fraction of sp³-hybridized carbons (Fsp3) is 0.500. The second kappa shape index (κ2) is 7.61. The molecule has 1 heterocycles. The van der Waals surface area contributed by atoms with E-state index < -0.39 is 8.16 Å². The van der Waals surface area contributed by atoms with E-state index in [2.05, 4.69) is 42.8 Å². The molecule has 4 heteroatoms. The molecule has 3 aromatic rings. The second-order valence-electron chi connectivity index (χ2n) is 8.13. The molecule has 0 unspecified atom stereocenters. The first-order valence-corrected chi connectivity index (χ1v) is 12.1. The molecule has 0 bridgehead atoms. The van der Waals surface area contributed by atoms with Gasteiger partial charge in [0.15, 0.2) is 0 Å². The van der Waals surface area contributed by atoms with E-state index in [4.69, 9.17) is 8.39 Å². The maximum atomic E-state index is 6.61. The maximum absolute atomic E-state index is 6.61. The Morgan fingerprint density at radius 3 is 1.64 bits per heavy atom. The van der Waals surface area contributed by atoms with Gasteiger partial charge in [-0.05, 0) is 85.8 Å². The van der Waals surface area contributed by atoms with Crippen molar-refractivity contribution >= 4 is 30.1 Å². The van der Waals surface area contributed by atoms with Crippen LogP contribution < -0.4 is 4.67 Å². The number of fused-ring (bicyclic) bond motifs is 7. The molecule has 0 saturated carbocycles. The van der Waals surface area contributed by atoms with Gasteiger partial charge in [0, 0.05) is 23.9 Å². The van der Waals surface area contributed by atoms with Gasteiger partial charge in [-0.25, -0.2) is 4.67 Å². The molecule has 2 aliphatic rings. The largest absolute Gasteiger partial charge is 0.408 e. The predicted octanol–water partition coefficient (Wildman–Crippen LogP) is 7.03. The van der Waals surface area contributed by atoms with E-state index >= 15 is 0 Å². The van der Waals surface area contributed by atoms with E-state index in [0.717, 1.165) is 37.1 Å². The monoisotopic (exact) mass is 395 g/mol. The molecule has 0 N–H and O–H groups in total. The van der Waals surface area contributed by atoms with Gasteiger partial charge in [0.25, 0.3) is 0 Å². The molecule has 2 aromatic carbocycles. The summed E-state index contributed by atoms with van der Waals surface area (Å²) in [7, 11) is -1.13. The first-order valence-electron chi connectivity index (χ1n) is 11.0. The summed E-state index contributed by atoms with van der Waals surface area (Å²) in [6, 6.07) is 9.06. The van der Waals surface area contributed by atoms with E-state index in [-0.39, 0.29) is 0 Å². The minimum absolute atomic E-state index is 0.933. The van der Waals surface area contributed by atoms with Crippen LogP contribution in [-0.2, 0) is 25.7 Å². The van der Waals surface area contributed by atoms with Gasteiger partial charge >= 0.3 is 8.16 Å². The van der Waals surface area contributed by atoms with Crippen molar-refractivity contribution in [3.05, 3.63) is 46.5 Å². The summed E-state index contributed by atoms with van der Waals surface area (Å²) < 4.78 is 15.5. The highest BCUT2D eigenvalue weighted by Gasteiger charge is 2.22. The van der Waals surface area contributed by atoms with Gasteiger partial charge in [-0.15, -0.1) is 0 Å². The summed E-state index contributed by atoms with van der Waals surface area (Å²) >= 11 is 0. The van der Waals surface area contributed by atoms with Gasteiger partial charge in [0.2, 0.25) is 0 Å². The third kappa shape index (κ3) is 3.00. The standard InChI is InChI=1S/C24H30NO2P/c1-3-25(4-2)28-26-21-15-13-17-9-5-7-11-19(17)23(21)24-20-12-8-6-10-18(20)14-16-22(24)27-28/h13-16H,3-12H2,1-2H3. The van der Waals surface area contributed by atoms with Crippen LogP contribution >= 0.6 is 8.16 Å². The topological polar surface area (TPSA) is 29.5 Å². The molecule has 0 atom stereocenters. The van der Waals surface area contributed by atoms with Gasteiger partial charge in [-0.2, -0.15) is 0 Å². The molecule has 5 rings (SSSR count). The maximum Gasteiger partial charge on any atom is 0.309 e. The van der Waals surface area contributed by atoms with Gasteiger partial charge in [0.05, 0.1) is 0 Å². The average Bonchev–Trinajstić information content (AvgIpc) is 2.91. The summed E-state index contributed by atoms with van der Waals surface area (Å²) in [5.74, 6) is 0. The molecule has 0 saturated heterocycles. The third-order valence-corrected chi connectivity index (χ3v) is 8.29. The lowest BCUT2D eigenvalue weighted by atomic mass is 9.84. The van der Waals surface area contributed by atoms with Crippen LogP contribution in [0.5, 0.6) is 0 Å². The summed E-state index contributed by atoms with van der Waals surface area (Å²) in [5.41, 5.74) is 8.14. The van der Waals surface area contributed by atoms with Crippen molar-refractivity contribution in [2.45, 2.75) is 65.2 Å². The first-order chi connectivity index (χ1) is 13.8. The van der Waals surface area contributed by atoms with Crippen molar-refractivity contribution < 1.29 is 8.39 Å². The Hall–Kier alpha value is -1.70. The SMILES string of the molecule is CCN(CC)p1oc2ccc3c(c2c2c4c(ccc2o1)CCCC4)CCCC3. The molecule has 2 aliphatic carbocycles. The van der Waals surface area contributed by atoms with Crippen LogP contribution in [0, 0.1) is 0 Å². The van der Waals surface area contributed by atoms with Crippen molar-refractivity contribution in [1.82, 2.24) is 0 Å². The first kappa shape index (κ1) is 18.3. The second-order valence-corrected chi connectivity index (χ2v) is 9.53. The van der Waals surface area contributed by atoms with Crippen molar-refractivity contribution in [3.8, 4) is 0 Å². The van der Waals surface area contributed by atoms with Crippen molar-refractivity contribution in [2.24, 2.45) is 0 Å². The zero-order chi connectivity index (χ0) is 19.1. The number of aryl methyl sites for hydroxylation is 4. The van der Waals surface area contributed by atoms with E-state index in [9.17, 15) is 0 Å². The van der Waals surface area contributed by atoms with Crippen LogP contribution in [0.1, 0.15) is 61.8 Å². The Labute approximate surface area is 168 Å². The molecular formula is C24H30NO2P. The molecule has 0 amide bonds. The van der Waals surface area contributed by atoms with Crippen LogP contribution in [0.25, 0.3) is 21.9 Å². The lowest BCUT2D eigenvalue weighted by Gasteiger charge is -2.20. The fourth-order valence-electron chi connectivity index (χ4n) is 5.07. The lowest BCUT2D eigenvalue weighted by molar-refractivity contribution is 0.622. The summed E-state index contributed by atoms with van der Waals surface area (Å²) in [6.45, 7) is 6.24.